The molecule has 84 valence electrons. The first-order valence-electron chi connectivity index (χ1n) is 5.65. The van der Waals surface area contributed by atoms with Gasteiger partial charge in [0.15, 0.2) is 5.13 Å². The van der Waals surface area contributed by atoms with E-state index in [0.29, 0.717) is 12.0 Å². The molecular formula is C11H19N3S. The van der Waals surface area contributed by atoms with Crippen molar-refractivity contribution >= 4 is 16.5 Å². The number of hydrogen-bond acceptors (Lipinski definition) is 4. The van der Waals surface area contributed by atoms with E-state index in [1.807, 2.05) is 0 Å². The minimum atomic E-state index is 0.306. The minimum Gasteiger partial charge on any atom is -0.348 e. The van der Waals surface area contributed by atoms with Crippen LogP contribution in [0.2, 0.25) is 0 Å². The molecule has 1 saturated heterocycles. The van der Waals surface area contributed by atoms with Crippen LogP contribution in [-0.2, 0) is 6.42 Å². The number of nitrogens with zero attached hydrogens (tertiary/aromatic N) is 2. The molecule has 2 unspecified atom stereocenters. The standard InChI is InChI=1S/C11H19N3S/c1-3-10-7-15-11(13-10)14-5-4-9(6-14)8(2)12/h7-9H,3-6,12H2,1-2H3. The summed E-state index contributed by atoms with van der Waals surface area (Å²) in [6.45, 7) is 6.44. The Balaban J connectivity index is 2.01. The van der Waals surface area contributed by atoms with E-state index in [-0.39, 0.29) is 0 Å². The van der Waals surface area contributed by atoms with Gasteiger partial charge in [-0.3, -0.25) is 0 Å². The molecule has 15 heavy (non-hydrogen) atoms. The molecule has 2 rings (SSSR count). The van der Waals surface area contributed by atoms with Crippen LogP contribution in [0, 0.1) is 5.92 Å². The smallest absolute Gasteiger partial charge is 0.185 e. The first-order valence-corrected chi connectivity index (χ1v) is 6.53. The second-order valence-corrected chi connectivity index (χ2v) is 5.17. The largest absolute Gasteiger partial charge is 0.348 e. The molecule has 2 heterocycles. The SMILES string of the molecule is CCc1csc(N2CCC(C(C)N)C2)n1. The van der Waals surface area contributed by atoms with Crippen molar-refractivity contribution in [3.8, 4) is 0 Å². The molecule has 1 aliphatic rings. The zero-order chi connectivity index (χ0) is 10.8. The van der Waals surface area contributed by atoms with Crippen molar-refractivity contribution in [3.05, 3.63) is 11.1 Å². The van der Waals surface area contributed by atoms with Gasteiger partial charge in [-0.1, -0.05) is 6.92 Å². The average molecular weight is 225 g/mol. The molecule has 0 amide bonds. The first-order chi connectivity index (χ1) is 7.20. The summed E-state index contributed by atoms with van der Waals surface area (Å²) >= 11 is 1.76. The van der Waals surface area contributed by atoms with Gasteiger partial charge in [0.1, 0.15) is 0 Å². The normalized spacial score (nSPS) is 23.4. The van der Waals surface area contributed by atoms with Crippen LogP contribution in [0.15, 0.2) is 5.38 Å². The Bertz CT molecular complexity index is 321. The Hall–Kier alpha value is -0.610. The van der Waals surface area contributed by atoms with Gasteiger partial charge < -0.3 is 10.6 Å². The van der Waals surface area contributed by atoms with Gasteiger partial charge in [-0.15, -0.1) is 11.3 Å². The highest BCUT2D eigenvalue weighted by molar-refractivity contribution is 7.13. The lowest BCUT2D eigenvalue weighted by molar-refractivity contribution is 0.488. The Morgan fingerprint density at radius 2 is 2.53 bits per heavy atom. The van der Waals surface area contributed by atoms with Crippen LogP contribution in [0.4, 0.5) is 5.13 Å². The lowest BCUT2D eigenvalue weighted by Crippen LogP contribution is -2.29. The maximum atomic E-state index is 5.93. The second kappa shape index (κ2) is 4.49. The van der Waals surface area contributed by atoms with Gasteiger partial charge in [0, 0.05) is 24.5 Å². The van der Waals surface area contributed by atoms with E-state index in [9.17, 15) is 0 Å². The summed E-state index contributed by atoms with van der Waals surface area (Å²) in [6.07, 6.45) is 2.24. The van der Waals surface area contributed by atoms with Crippen molar-refractivity contribution in [1.82, 2.24) is 4.98 Å². The maximum Gasteiger partial charge on any atom is 0.185 e. The Labute approximate surface area is 95.3 Å². The number of aryl methyl sites for hydroxylation is 1. The molecule has 1 aliphatic heterocycles. The number of hydrogen-bond donors (Lipinski definition) is 1. The Kier molecular flexibility index (Phi) is 3.26. The molecule has 0 bridgehead atoms. The molecule has 1 fully saturated rings. The molecule has 1 aromatic rings. The van der Waals surface area contributed by atoms with Crippen LogP contribution in [-0.4, -0.2) is 24.1 Å². The molecule has 0 aromatic carbocycles. The lowest BCUT2D eigenvalue weighted by atomic mass is 10.0. The third-order valence-electron chi connectivity index (χ3n) is 3.14. The number of aromatic nitrogens is 1. The molecule has 0 aliphatic carbocycles. The molecule has 1 aromatic heterocycles. The van der Waals surface area contributed by atoms with Crippen molar-refractivity contribution in [2.24, 2.45) is 11.7 Å². The summed E-state index contributed by atoms with van der Waals surface area (Å²) in [7, 11) is 0. The number of thiazole rings is 1. The van der Waals surface area contributed by atoms with Gasteiger partial charge in [0.2, 0.25) is 0 Å². The predicted molar refractivity (Wildman–Crippen MR) is 65.5 cm³/mol. The van der Waals surface area contributed by atoms with Crippen LogP contribution < -0.4 is 10.6 Å². The van der Waals surface area contributed by atoms with E-state index in [2.05, 4.69) is 29.1 Å². The molecule has 0 radical (unpaired) electrons. The van der Waals surface area contributed by atoms with Crippen molar-refractivity contribution in [1.29, 1.82) is 0 Å². The fraction of sp³-hybridized carbons (Fsp3) is 0.727. The van der Waals surface area contributed by atoms with E-state index in [1.165, 1.54) is 17.2 Å². The summed E-state index contributed by atoms with van der Waals surface area (Å²) in [5.74, 6) is 0.638. The highest BCUT2D eigenvalue weighted by atomic mass is 32.1. The quantitative estimate of drug-likeness (QED) is 0.854. The third kappa shape index (κ3) is 2.32. The Morgan fingerprint density at radius 1 is 1.73 bits per heavy atom. The molecule has 2 atom stereocenters. The van der Waals surface area contributed by atoms with Gasteiger partial charge in [0.25, 0.3) is 0 Å². The summed E-state index contributed by atoms with van der Waals surface area (Å²) in [5, 5.41) is 3.34. The number of rotatable bonds is 3. The fourth-order valence-corrected chi connectivity index (χ4v) is 2.94. The van der Waals surface area contributed by atoms with Crippen LogP contribution in [0.5, 0.6) is 0 Å². The zero-order valence-corrected chi connectivity index (χ0v) is 10.3. The average Bonchev–Trinajstić information content (AvgIpc) is 2.86. The van der Waals surface area contributed by atoms with Gasteiger partial charge in [-0.2, -0.15) is 0 Å². The fourth-order valence-electron chi connectivity index (χ4n) is 1.99. The third-order valence-corrected chi connectivity index (χ3v) is 4.09. The highest BCUT2D eigenvalue weighted by Crippen LogP contribution is 2.27. The van der Waals surface area contributed by atoms with Gasteiger partial charge in [-0.05, 0) is 25.7 Å². The van der Waals surface area contributed by atoms with E-state index >= 15 is 0 Å². The first kappa shape index (κ1) is 10.9. The van der Waals surface area contributed by atoms with Gasteiger partial charge >= 0.3 is 0 Å². The van der Waals surface area contributed by atoms with E-state index in [4.69, 9.17) is 5.73 Å². The molecule has 2 N–H and O–H groups in total. The predicted octanol–water partition coefficient (Wildman–Crippen LogP) is 1.88. The van der Waals surface area contributed by atoms with Crippen LogP contribution >= 0.6 is 11.3 Å². The summed E-state index contributed by atoms with van der Waals surface area (Å²) < 4.78 is 0. The molecule has 4 heteroatoms. The minimum absolute atomic E-state index is 0.306. The monoisotopic (exact) mass is 225 g/mol. The summed E-state index contributed by atoms with van der Waals surface area (Å²) in [4.78, 5) is 6.98. The summed E-state index contributed by atoms with van der Waals surface area (Å²) in [5.41, 5.74) is 7.13. The molecule has 0 saturated carbocycles. The van der Waals surface area contributed by atoms with Crippen LogP contribution in [0.3, 0.4) is 0 Å². The number of nitrogens with two attached hydrogens (primary N) is 1. The van der Waals surface area contributed by atoms with E-state index in [1.54, 1.807) is 11.3 Å². The van der Waals surface area contributed by atoms with Crippen molar-refractivity contribution < 1.29 is 0 Å². The van der Waals surface area contributed by atoms with Gasteiger partial charge in [0.05, 0.1) is 5.69 Å². The zero-order valence-electron chi connectivity index (χ0n) is 9.44. The lowest BCUT2D eigenvalue weighted by Gasteiger charge is -2.16. The van der Waals surface area contributed by atoms with E-state index in [0.717, 1.165) is 19.5 Å². The summed E-state index contributed by atoms with van der Waals surface area (Å²) in [6, 6.07) is 0.306. The maximum absolute atomic E-state index is 5.93. The van der Waals surface area contributed by atoms with Crippen molar-refractivity contribution in [2.75, 3.05) is 18.0 Å². The molecule has 3 nitrogen and oxygen atoms in total. The van der Waals surface area contributed by atoms with Gasteiger partial charge in [-0.25, -0.2) is 4.98 Å². The second-order valence-electron chi connectivity index (χ2n) is 4.33. The van der Waals surface area contributed by atoms with E-state index < -0.39 is 0 Å². The number of anilines is 1. The van der Waals surface area contributed by atoms with Crippen molar-refractivity contribution in [3.63, 3.8) is 0 Å². The highest BCUT2D eigenvalue weighted by Gasteiger charge is 2.26. The van der Waals surface area contributed by atoms with Crippen molar-refractivity contribution in [2.45, 2.75) is 32.7 Å². The Morgan fingerprint density at radius 3 is 3.07 bits per heavy atom. The molecule has 0 spiro atoms. The molecular weight excluding hydrogens is 206 g/mol. The van der Waals surface area contributed by atoms with Crippen LogP contribution in [0.25, 0.3) is 0 Å². The van der Waals surface area contributed by atoms with Crippen LogP contribution in [0.1, 0.15) is 26.0 Å². The topological polar surface area (TPSA) is 42.1 Å².